The molecule has 0 fully saturated rings. The third-order valence-electron chi connectivity index (χ3n) is 4.63. The lowest BCUT2D eigenvalue weighted by Crippen LogP contribution is -2.31. The van der Waals surface area contributed by atoms with E-state index in [4.69, 9.17) is 10.00 Å². The predicted molar refractivity (Wildman–Crippen MR) is 111 cm³/mol. The second kappa shape index (κ2) is 9.39. The number of carbonyl (C=O) groups excluding carboxylic acids is 1. The highest BCUT2D eigenvalue weighted by atomic mass is 19.4. The first-order valence-electron chi connectivity index (χ1n) is 9.47. The van der Waals surface area contributed by atoms with Gasteiger partial charge >= 0.3 is 6.18 Å². The van der Waals surface area contributed by atoms with E-state index in [0.29, 0.717) is 5.56 Å². The Morgan fingerprint density at radius 3 is 2.59 bits per heavy atom. The average molecular weight is 440 g/mol. The summed E-state index contributed by atoms with van der Waals surface area (Å²) in [6.45, 7) is 4.10. The number of ether oxygens (including phenoxy) is 1. The predicted octanol–water partition coefficient (Wildman–Crippen LogP) is 4.60. The summed E-state index contributed by atoms with van der Waals surface area (Å²) >= 11 is 0. The second-order valence-electron chi connectivity index (χ2n) is 6.82. The molecule has 0 aliphatic carbocycles. The molecule has 2 aromatic carbocycles. The zero-order valence-electron chi connectivity index (χ0n) is 17.1. The van der Waals surface area contributed by atoms with Crippen molar-refractivity contribution in [1.29, 1.82) is 5.26 Å². The number of rotatable bonds is 7. The average Bonchev–Trinajstić information content (AvgIpc) is 3.23. The Morgan fingerprint density at radius 1 is 1.28 bits per heavy atom. The van der Waals surface area contributed by atoms with Crippen molar-refractivity contribution in [3.63, 3.8) is 0 Å². The van der Waals surface area contributed by atoms with Crippen LogP contribution in [0, 0.1) is 11.3 Å². The number of carbonyl (C=O) groups is 1. The quantitative estimate of drug-likeness (QED) is 0.504. The van der Waals surface area contributed by atoms with Gasteiger partial charge < -0.3 is 9.64 Å². The van der Waals surface area contributed by atoms with Gasteiger partial charge in [0.05, 0.1) is 36.2 Å². The second-order valence-corrected chi connectivity index (χ2v) is 6.82. The number of halogens is 3. The summed E-state index contributed by atoms with van der Waals surface area (Å²) < 4.78 is 45.6. The molecule has 32 heavy (non-hydrogen) atoms. The minimum atomic E-state index is -4.51. The van der Waals surface area contributed by atoms with Crippen molar-refractivity contribution < 1.29 is 22.7 Å². The van der Waals surface area contributed by atoms with E-state index in [2.05, 4.69) is 11.7 Å². The van der Waals surface area contributed by atoms with Crippen LogP contribution in [0.1, 0.15) is 27.2 Å². The molecule has 0 spiro atoms. The summed E-state index contributed by atoms with van der Waals surface area (Å²) in [6, 6.07) is 13.4. The molecular formula is C23H19F3N4O2. The zero-order valence-corrected chi connectivity index (χ0v) is 17.1. The van der Waals surface area contributed by atoms with Gasteiger partial charge in [-0.05, 0) is 35.9 Å². The number of alkyl halides is 3. The number of nitrogens with zero attached hydrogens (tertiary/aromatic N) is 4. The van der Waals surface area contributed by atoms with Gasteiger partial charge in [-0.2, -0.15) is 23.5 Å². The molecule has 0 aliphatic heterocycles. The van der Waals surface area contributed by atoms with Crippen molar-refractivity contribution in [3.05, 3.63) is 89.8 Å². The molecular weight excluding hydrogens is 421 g/mol. The van der Waals surface area contributed by atoms with Crippen molar-refractivity contribution in [3.8, 4) is 17.5 Å². The molecule has 0 aliphatic rings. The molecule has 0 saturated carbocycles. The van der Waals surface area contributed by atoms with Crippen molar-refractivity contribution in [2.45, 2.75) is 12.7 Å². The Labute approximate surface area is 182 Å². The van der Waals surface area contributed by atoms with Gasteiger partial charge in [0.2, 0.25) is 0 Å². The number of methoxy groups -OCH3 is 1. The van der Waals surface area contributed by atoms with Crippen LogP contribution in [-0.4, -0.2) is 34.2 Å². The van der Waals surface area contributed by atoms with Crippen LogP contribution in [-0.2, 0) is 12.7 Å². The summed E-state index contributed by atoms with van der Waals surface area (Å²) in [5.41, 5.74) is 0.554. The molecule has 0 unspecified atom stereocenters. The Bertz CT molecular complexity index is 1160. The summed E-state index contributed by atoms with van der Waals surface area (Å²) in [6.07, 6.45) is -1.60. The smallest absolute Gasteiger partial charge is 0.416 e. The molecule has 3 rings (SSSR count). The summed E-state index contributed by atoms with van der Waals surface area (Å²) in [5, 5.41) is 13.1. The van der Waals surface area contributed by atoms with Gasteiger partial charge in [-0.3, -0.25) is 4.79 Å². The van der Waals surface area contributed by atoms with Crippen molar-refractivity contribution in [2.75, 3.05) is 13.7 Å². The summed E-state index contributed by atoms with van der Waals surface area (Å²) in [4.78, 5) is 14.7. The van der Waals surface area contributed by atoms with Gasteiger partial charge in [0.15, 0.2) is 11.4 Å². The Hall–Kier alpha value is -4.06. The third-order valence-corrected chi connectivity index (χ3v) is 4.63. The maximum absolute atomic E-state index is 13.2. The molecule has 1 heterocycles. The fourth-order valence-electron chi connectivity index (χ4n) is 3.04. The number of aromatic nitrogens is 2. The van der Waals surface area contributed by atoms with E-state index in [9.17, 15) is 18.0 Å². The van der Waals surface area contributed by atoms with E-state index in [1.54, 1.807) is 30.3 Å². The molecule has 0 atom stereocenters. The lowest BCUT2D eigenvalue weighted by Gasteiger charge is -2.20. The van der Waals surface area contributed by atoms with E-state index in [0.717, 1.165) is 17.7 Å². The third kappa shape index (κ3) is 4.98. The SMILES string of the molecule is C=CCN(Cc1ccc(C#N)cc1)C(=O)c1nn(-c2cccc(C(F)(F)F)c2)cc1OC. The molecule has 0 bridgehead atoms. The molecule has 164 valence electrons. The van der Waals surface area contributed by atoms with Gasteiger partial charge in [0, 0.05) is 13.1 Å². The molecule has 0 radical (unpaired) electrons. The van der Waals surface area contributed by atoms with E-state index in [1.165, 1.54) is 35.0 Å². The Morgan fingerprint density at radius 2 is 2.00 bits per heavy atom. The van der Waals surface area contributed by atoms with Crippen LogP contribution in [0.5, 0.6) is 5.75 Å². The van der Waals surface area contributed by atoms with Crippen LogP contribution >= 0.6 is 0 Å². The number of amides is 1. The maximum atomic E-state index is 13.2. The fraction of sp³-hybridized carbons (Fsp3) is 0.174. The highest BCUT2D eigenvalue weighted by Crippen LogP contribution is 2.31. The molecule has 1 aromatic heterocycles. The minimum Gasteiger partial charge on any atom is -0.493 e. The molecule has 0 N–H and O–H groups in total. The number of nitriles is 1. The first kappa shape index (κ1) is 22.6. The van der Waals surface area contributed by atoms with E-state index in [-0.39, 0.29) is 30.2 Å². The van der Waals surface area contributed by atoms with Crippen molar-refractivity contribution in [2.24, 2.45) is 0 Å². The van der Waals surface area contributed by atoms with Crippen LogP contribution in [0.25, 0.3) is 5.69 Å². The van der Waals surface area contributed by atoms with Crippen LogP contribution in [0.3, 0.4) is 0 Å². The topological polar surface area (TPSA) is 71.2 Å². The molecule has 6 nitrogen and oxygen atoms in total. The van der Waals surface area contributed by atoms with Gasteiger partial charge in [0.25, 0.3) is 5.91 Å². The largest absolute Gasteiger partial charge is 0.493 e. The fourth-order valence-corrected chi connectivity index (χ4v) is 3.04. The monoisotopic (exact) mass is 440 g/mol. The van der Waals surface area contributed by atoms with Crippen molar-refractivity contribution >= 4 is 5.91 Å². The highest BCUT2D eigenvalue weighted by Gasteiger charge is 2.31. The number of benzene rings is 2. The molecule has 9 heteroatoms. The minimum absolute atomic E-state index is 0.0413. The first-order chi connectivity index (χ1) is 15.3. The van der Waals surface area contributed by atoms with Crippen LogP contribution < -0.4 is 4.74 Å². The lowest BCUT2D eigenvalue weighted by atomic mass is 10.1. The van der Waals surface area contributed by atoms with Crippen LogP contribution in [0.15, 0.2) is 67.4 Å². The Balaban J connectivity index is 1.93. The number of hydrogen-bond donors (Lipinski definition) is 0. The van der Waals surface area contributed by atoms with Gasteiger partial charge in [0.1, 0.15) is 0 Å². The lowest BCUT2D eigenvalue weighted by molar-refractivity contribution is -0.137. The van der Waals surface area contributed by atoms with E-state index in [1.807, 2.05) is 6.07 Å². The number of hydrogen-bond acceptors (Lipinski definition) is 4. The van der Waals surface area contributed by atoms with Crippen molar-refractivity contribution in [1.82, 2.24) is 14.7 Å². The zero-order chi connectivity index (χ0) is 23.3. The van der Waals surface area contributed by atoms with Crippen LogP contribution in [0.4, 0.5) is 13.2 Å². The standard InChI is InChI=1S/C23H19F3N4O2/c1-3-11-29(14-17-9-7-16(13-27)8-10-17)22(31)21-20(32-2)15-30(28-21)19-6-4-5-18(12-19)23(24,25)26/h3-10,12,15H,1,11,14H2,2H3. The van der Waals surface area contributed by atoms with E-state index >= 15 is 0 Å². The maximum Gasteiger partial charge on any atom is 0.416 e. The molecule has 0 saturated heterocycles. The van der Waals surface area contributed by atoms with Gasteiger partial charge in [-0.1, -0.05) is 24.3 Å². The molecule has 3 aromatic rings. The molecule has 1 amide bonds. The normalized spacial score (nSPS) is 11.0. The first-order valence-corrected chi connectivity index (χ1v) is 9.47. The van der Waals surface area contributed by atoms with Gasteiger partial charge in [-0.25, -0.2) is 4.68 Å². The summed E-state index contributed by atoms with van der Waals surface area (Å²) in [5.74, 6) is -0.349. The van der Waals surface area contributed by atoms with E-state index < -0.39 is 17.6 Å². The Kier molecular flexibility index (Phi) is 6.64. The van der Waals surface area contributed by atoms with Gasteiger partial charge in [-0.15, -0.1) is 6.58 Å². The highest BCUT2D eigenvalue weighted by molar-refractivity contribution is 5.95. The summed E-state index contributed by atoms with van der Waals surface area (Å²) in [7, 11) is 1.35. The van der Waals surface area contributed by atoms with Crippen LogP contribution in [0.2, 0.25) is 0 Å².